The number of aromatic nitrogens is 2. The number of hydrogen-bond donors (Lipinski definition) is 1. The predicted octanol–water partition coefficient (Wildman–Crippen LogP) is 1.47. The fourth-order valence-corrected chi connectivity index (χ4v) is 0.703. The molecule has 0 saturated heterocycles. The molecule has 3 nitrogen and oxygen atoms in total. The average Bonchev–Trinajstić information content (AvgIpc) is 2.04. The first-order valence-electron chi connectivity index (χ1n) is 3.39. The predicted molar refractivity (Wildman–Crippen MR) is 37.6 cm³/mol. The van der Waals surface area contributed by atoms with E-state index in [0.29, 0.717) is 0 Å². The van der Waals surface area contributed by atoms with E-state index in [-0.39, 0.29) is 5.69 Å². The number of hydrogen-bond acceptors (Lipinski definition) is 3. The van der Waals surface area contributed by atoms with E-state index in [1.165, 1.54) is 13.1 Å². The van der Waals surface area contributed by atoms with Gasteiger partial charge in [0.05, 0.1) is 24.2 Å². The van der Waals surface area contributed by atoms with E-state index >= 15 is 0 Å². The van der Waals surface area contributed by atoms with Crippen LogP contribution in [-0.4, -0.2) is 15.1 Å². The van der Waals surface area contributed by atoms with Crippen LogP contribution in [0.1, 0.15) is 30.8 Å². The zero-order valence-electron chi connectivity index (χ0n) is 6.41. The lowest BCUT2D eigenvalue weighted by molar-refractivity contribution is 0.142. The van der Waals surface area contributed by atoms with Crippen molar-refractivity contribution in [2.75, 3.05) is 0 Å². The summed E-state index contributed by atoms with van der Waals surface area (Å²) < 4.78 is 24.1. The SMILES string of the molecule is CC(O)c1cncc(C(F)F)n1. The van der Waals surface area contributed by atoms with E-state index in [9.17, 15) is 8.78 Å². The maximum atomic E-state index is 12.0. The smallest absolute Gasteiger partial charge is 0.281 e. The zero-order valence-corrected chi connectivity index (χ0v) is 6.41. The lowest BCUT2D eigenvalue weighted by Gasteiger charge is -2.04. The Bertz CT molecular complexity index is 242. The van der Waals surface area contributed by atoms with Crippen LogP contribution in [-0.2, 0) is 0 Å². The zero-order chi connectivity index (χ0) is 9.14. The first-order chi connectivity index (χ1) is 5.61. The summed E-state index contributed by atoms with van der Waals surface area (Å²) in [5, 5.41) is 8.98. The molecule has 0 fully saturated rings. The maximum absolute atomic E-state index is 12.0. The van der Waals surface area contributed by atoms with Crippen molar-refractivity contribution >= 4 is 0 Å². The summed E-state index contributed by atoms with van der Waals surface area (Å²) >= 11 is 0. The monoisotopic (exact) mass is 174 g/mol. The summed E-state index contributed by atoms with van der Waals surface area (Å²) in [7, 11) is 0. The first kappa shape index (κ1) is 8.99. The molecule has 1 aromatic heterocycles. The number of halogens is 2. The van der Waals surface area contributed by atoms with E-state index in [0.717, 1.165) is 6.20 Å². The Morgan fingerprint density at radius 1 is 1.33 bits per heavy atom. The Morgan fingerprint density at radius 2 is 1.92 bits per heavy atom. The van der Waals surface area contributed by atoms with Crippen LogP contribution in [0.3, 0.4) is 0 Å². The second-order valence-corrected chi connectivity index (χ2v) is 2.35. The molecule has 1 unspecified atom stereocenters. The molecular weight excluding hydrogens is 166 g/mol. The molecule has 0 bridgehead atoms. The highest BCUT2D eigenvalue weighted by Gasteiger charge is 2.11. The lowest BCUT2D eigenvalue weighted by atomic mass is 10.3. The molecule has 0 amide bonds. The Morgan fingerprint density at radius 3 is 2.42 bits per heavy atom. The van der Waals surface area contributed by atoms with E-state index < -0.39 is 18.2 Å². The molecule has 1 rings (SSSR count). The van der Waals surface area contributed by atoms with Gasteiger partial charge in [-0.15, -0.1) is 0 Å². The average molecular weight is 174 g/mol. The number of aliphatic hydroxyl groups is 1. The van der Waals surface area contributed by atoms with Crippen molar-refractivity contribution in [3.8, 4) is 0 Å². The third kappa shape index (κ3) is 1.94. The second kappa shape index (κ2) is 3.53. The molecule has 12 heavy (non-hydrogen) atoms. The van der Waals surface area contributed by atoms with Crippen LogP contribution >= 0.6 is 0 Å². The molecular formula is C7H8F2N2O. The highest BCUT2D eigenvalue weighted by atomic mass is 19.3. The van der Waals surface area contributed by atoms with Gasteiger partial charge in [0.2, 0.25) is 0 Å². The van der Waals surface area contributed by atoms with Crippen molar-refractivity contribution in [3.63, 3.8) is 0 Å². The second-order valence-electron chi connectivity index (χ2n) is 2.35. The summed E-state index contributed by atoms with van der Waals surface area (Å²) in [5.41, 5.74) is -0.249. The molecule has 1 aromatic rings. The van der Waals surface area contributed by atoms with Crippen molar-refractivity contribution in [2.45, 2.75) is 19.5 Å². The van der Waals surface area contributed by atoms with Crippen LogP contribution < -0.4 is 0 Å². The standard InChI is InChI=1S/C7H8F2N2O/c1-4(12)5-2-10-3-6(11-5)7(8)9/h2-4,7,12H,1H3. The normalized spacial score (nSPS) is 13.4. The van der Waals surface area contributed by atoms with Crippen molar-refractivity contribution in [1.29, 1.82) is 0 Å². The third-order valence-corrected chi connectivity index (χ3v) is 1.32. The Labute approximate surface area is 68.1 Å². The molecule has 0 aromatic carbocycles. The minimum atomic E-state index is -2.64. The molecule has 1 heterocycles. The molecule has 66 valence electrons. The van der Waals surface area contributed by atoms with Gasteiger partial charge < -0.3 is 5.11 Å². The molecule has 0 aliphatic carbocycles. The molecule has 0 aliphatic heterocycles. The van der Waals surface area contributed by atoms with Gasteiger partial charge in [0.25, 0.3) is 6.43 Å². The maximum Gasteiger partial charge on any atom is 0.281 e. The van der Waals surface area contributed by atoms with Crippen LogP contribution in [0.4, 0.5) is 8.78 Å². The highest BCUT2D eigenvalue weighted by molar-refractivity contribution is 5.05. The van der Waals surface area contributed by atoms with Gasteiger partial charge in [0, 0.05) is 0 Å². The Balaban J connectivity index is 2.96. The van der Waals surface area contributed by atoms with Crippen molar-refractivity contribution in [1.82, 2.24) is 9.97 Å². The molecule has 1 atom stereocenters. The van der Waals surface area contributed by atoms with Crippen LogP contribution in [0, 0.1) is 0 Å². The molecule has 0 aliphatic rings. The number of nitrogens with zero attached hydrogens (tertiary/aromatic N) is 2. The quantitative estimate of drug-likeness (QED) is 0.738. The highest BCUT2D eigenvalue weighted by Crippen LogP contribution is 2.16. The fraction of sp³-hybridized carbons (Fsp3) is 0.429. The summed E-state index contributed by atoms with van der Waals surface area (Å²) in [6.45, 7) is 1.44. The van der Waals surface area contributed by atoms with E-state index in [1.54, 1.807) is 0 Å². The first-order valence-corrected chi connectivity index (χ1v) is 3.39. The van der Waals surface area contributed by atoms with E-state index in [4.69, 9.17) is 5.11 Å². The fourth-order valence-electron chi connectivity index (χ4n) is 0.703. The molecule has 1 N–H and O–H groups in total. The third-order valence-electron chi connectivity index (χ3n) is 1.32. The van der Waals surface area contributed by atoms with Gasteiger partial charge in [-0.2, -0.15) is 0 Å². The molecule has 0 spiro atoms. The minimum absolute atomic E-state index is 0.160. The summed E-state index contributed by atoms with van der Waals surface area (Å²) in [6.07, 6.45) is -1.26. The number of rotatable bonds is 2. The van der Waals surface area contributed by atoms with Gasteiger partial charge >= 0.3 is 0 Å². The summed E-state index contributed by atoms with van der Waals surface area (Å²) in [4.78, 5) is 7.03. The number of aliphatic hydroxyl groups excluding tert-OH is 1. The Kier molecular flexibility index (Phi) is 2.65. The lowest BCUT2D eigenvalue weighted by Crippen LogP contribution is -2.00. The van der Waals surface area contributed by atoms with Crippen molar-refractivity contribution in [3.05, 3.63) is 23.8 Å². The van der Waals surface area contributed by atoms with E-state index in [2.05, 4.69) is 9.97 Å². The molecule has 0 saturated carbocycles. The minimum Gasteiger partial charge on any atom is -0.387 e. The van der Waals surface area contributed by atoms with Gasteiger partial charge in [-0.25, -0.2) is 13.8 Å². The topological polar surface area (TPSA) is 46.0 Å². The Hall–Kier alpha value is -1.10. The molecule has 0 radical (unpaired) electrons. The van der Waals surface area contributed by atoms with E-state index in [1.807, 2.05) is 0 Å². The van der Waals surface area contributed by atoms with Gasteiger partial charge in [0.1, 0.15) is 5.69 Å². The van der Waals surface area contributed by atoms with Crippen LogP contribution in [0.25, 0.3) is 0 Å². The van der Waals surface area contributed by atoms with Crippen LogP contribution in [0.5, 0.6) is 0 Å². The van der Waals surface area contributed by atoms with Crippen LogP contribution in [0.2, 0.25) is 0 Å². The van der Waals surface area contributed by atoms with Gasteiger partial charge in [-0.1, -0.05) is 0 Å². The summed E-state index contributed by atoms with van der Waals surface area (Å²) in [5.74, 6) is 0. The van der Waals surface area contributed by atoms with Crippen LogP contribution in [0.15, 0.2) is 12.4 Å². The van der Waals surface area contributed by atoms with Gasteiger partial charge in [-0.3, -0.25) is 4.98 Å². The largest absolute Gasteiger partial charge is 0.387 e. The summed E-state index contributed by atoms with van der Waals surface area (Å²) in [6, 6.07) is 0. The molecule has 5 heteroatoms. The number of alkyl halides is 2. The van der Waals surface area contributed by atoms with Gasteiger partial charge in [-0.05, 0) is 6.92 Å². The van der Waals surface area contributed by atoms with Gasteiger partial charge in [0.15, 0.2) is 0 Å². The van der Waals surface area contributed by atoms with Crippen molar-refractivity contribution in [2.24, 2.45) is 0 Å². The van der Waals surface area contributed by atoms with Crippen molar-refractivity contribution < 1.29 is 13.9 Å².